The summed E-state index contributed by atoms with van der Waals surface area (Å²) in [6.07, 6.45) is 1.63. The van der Waals surface area contributed by atoms with E-state index < -0.39 is 18.1 Å². The molecule has 0 saturated carbocycles. The largest absolute Gasteiger partial charge is 0.480 e. The summed E-state index contributed by atoms with van der Waals surface area (Å²) in [5, 5.41) is 22.5. The number of carboxylic acids is 1. The zero-order chi connectivity index (χ0) is 14.3. The van der Waals surface area contributed by atoms with E-state index in [1.165, 1.54) is 0 Å². The Bertz CT molecular complexity index is 394. The average Bonchev–Trinajstić information content (AvgIpc) is 2.39. The summed E-state index contributed by atoms with van der Waals surface area (Å²) in [4.78, 5) is 11.0. The standard InChI is InChI=1S/C14H20ClNO3/c1-2-3-4-12(14(18)19)16-9-13(17)10-5-7-11(15)8-6-10/h5-8,12-13,16-17H,2-4,9H2,1H3,(H,18,19). The van der Waals surface area contributed by atoms with Crippen molar-refractivity contribution in [3.8, 4) is 0 Å². The fraction of sp³-hybridized carbons (Fsp3) is 0.500. The number of aliphatic carboxylic acids is 1. The minimum Gasteiger partial charge on any atom is -0.480 e. The van der Waals surface area contributed by atoms with Gasteiger partial charge in [0.2, 0.25) is 0 Å². The Morgan fingerprint density at radius 3 is 2.53 bits per heavy atom. The first-order valence-electron chi connectivity index (χ1n) is 6.44. The molecule has 0 spiro atoms. The van der Waals surface area contributed by atoms with E-state index in [9.17, 15) is 9.90 Å². The van der Waals surface area contributed by atoms with Gasteiger partial charge in [0.25, 0.3) is 0 Å². The Morgan fingerprint density at radius 1 is 1.37 bits per heavy atom. The molecular formula is C14H20ClNO3. The predicted octanol–water partition coefficient (Wildman–Crippen LogP) is 2.61. The van der Waals surface area contributed by atoms with Gasteiger partial charge in [0.05, 0.1) is 6.10 Å². The number of hydrogen-bond acceptors (Lipinski definition) is 3. The maximum absolute atomic E-state index is 11.0. The van der Waals surface area contributed by atoms with Crippen molar-refractivity contribution < 1.29 is 15.0 Å². The molecule has 3 N–H and O–H groups in total. The summed E-state index contributed by atoms with van der Waals surface area (Å²) in [6, 6.07) is 6.26. The molecule has 0 aliphatic heterocycles. The summed E-state index contributed by atoms with van der Waals surface area (Å²) >= 11 is 5.77. The van der Waals surface area contributed by atoms with Crippen LogP contribution in [0.4, 0.5) is 0 Å². The van der Waals surface area contributed by atoms with E-state index in [0.29, 0.717) is 11.4 Å². The Hall–Kier alpha value is -1.10. The van der Waals surface area contributed by atoms with E-state index in [0.717, 1.165) is 18.4 Å². The number of carbonyl (C=O) groups is 1. The Labute approximate surface area is 118 Å². The molecule has 2 atom stereocenters. The second-order valence-electron chi connectivity index (χ2n) is 4.51. The monoisotopic (exact) mass is 285 g/mol. The molecule has 4 nitrogen and oxygen atoms in total. The normalized spacial score (nSPS) is 14.1. The molecule has 106 valence electrons. The van der Waals surface area contributed by atoms with Crippen LogP contribution in [0.5, 0.6) is 0 Å². The van der Waals surface area contributed by atoms with E-state index in [1.54, 1.807) is 24.3 Å². The highest BCUT2D eigenvalue weighted by Crippen LogP contribution is 2.16. The van der Waals surface area contributed by atoms with Gasteiger partial charge in [-0.2, -0.15) is 0 Å². The number of halogens is 1. The molecule has 0 radical (unpaired) electrons. The van der Waals surface area contributed by atoms with E-state index >= 15 is 0 Å². The molecule has 0 aliphatic carbocycles. The average molecular weight is 286 g/mol. The van der Waals surface area contributed by atoms with Crippen LogP contribution in [-0.2, 0) is 4.79 Å². The summed E-state index contributed by atoms with van der Waals surface area (Å²) in [6.45, 7) is 2.23. The van der Waals surface area contributed by atoms with Crippen molar-refractivity contribution in [3.05, 3.63) is 34.9 Å². The van der Waals surface area contributed by atoms with E-state index in [-0.39, 0.29) is 6.54 Å². The maximum Gasteiger partial charge on any atom is 0.320 e. The second-order valence-corrected chi connectivity index (χ2v) is 4.95. The molecule has 0 fully saturated rings. The molecule has 1 aromatic rings. The van der Waals surface area contributed by atoms with Crippen LogP contribution in [0.25, 0.3) is 0 Å². The number of nitrogens with one attached hydrogen (secondary N) is 1. The molecule has 0 aliphatic rings. The van der Waals surface area contributed by atoms with Gasteiger partial charge in [-0.15, -0.1) is 0 Å². The van der Waals surface area contributed by atoms with Crippen molar-refractivity contribution in [2.75, 3.05) is 6.54 Å². The highest BCUT2D eigenvalue weighted by molar-refractivity contribution is 6.30. The van der Waals surface area contributed by atoms with E-state index in [4.69, 9.17) is 16.7 Å². The fourth-order valence-electron chi connectivity index (χ4n) is 1.78. The molecule has 0 amide bonds. The van der Waals surface area contributed by atoms with Gasteiger partial charge in [-0.1, -0.05) is 43.5 Å². The summed E-state index contributed by atoms with van der Waals surface area (Å²) < 4.78 is 0. The quantitative estimate of drug-likeness (QED) is 0.687. The number of unbranched alkanes of at least 4 members (excludes halogenated alkanes) is 1. The van der Waals surface area contributed by atoms with Crippen molar-refractivity contribution in [2.24, 2.45) is 0 Å². The first kappa shape index (κ1) is 16.0. The lowest BCUT2D eigenvalue weighted by Crippen LogP contribution is -2.39. The first-order valence-corrected chi connectivity index (χ1v) is 6.82. The van der Waals surface area contributed by atoms with Gasteiger partial charge in [-0.05, 0) is 24.1 Å². The molecule has 0 bridgehead atoms. The van der Waals surface area contributed by atoms with Crippen LogP contribution in [0.2, 0.25) is 5.02 Å². The number of hydrogen-bond donors (Lipinski definition) is 3. The highest BCUT2D eigenvalue weighted by atomic mass is 35.5. The van der Waals surface area contributed by atoms with Crippen LogP contribution >= 0.6 is 11.6 Å². The zero-order valence-electron chi connectivity index (χ0n) is 11.0. The summed E-state index contributed by atoms with van der Waals surface area (Å²) in [7, 11) is 0. The van der Waals surface area contributed by atoms with Gasteiger partial charge in [-0.25, -0.2) is 0 Å². The topological polar surface area (TPSA) is 69.6 Å². The summed E-state index contributed by atoms with van der Waals surface area (Å²) in [5.74, 6) is -0.878. The number of rotatable bonds is 8. The molecule has 1 rings (SSSR count). The number of aliphatic hydroxyl groups is 1. The van der Waals surface area contributed by atoms with Gasteiger partial charge in [0.15, 0.2) is 0 Å². The van der Waals surface area contributed by atoms with Crippen LogP contribution in [0.3, 0.4) is 0 Å². The number of aliphatic hydroxyl groups excluding tert-OH is 1. The van der Waals surface area contributed by atoms with Crippen LogP contribution in [-0.4, -0.2) is 28.8 Å². The molecule has 1 aromatic carbocycles. The third kappa shape index (κ3) is 5.59. The van der Waals surface area contributed by atoms with Crippen LogP contribution in [0.15, 0.2) is 24.3 Å². The molecule has 5 heteroatoms. The van der Waals surface area contributed by atoms with Crippen LogP contribution in [0, 0.1) is 0 Å². The van der Waals surface area contributed by atoms with E-state index in [2.05, 4.69) is 5.32 Å². The third-order valence-electron chi connectivity index (χ3n) is 2.96. The second kappa shape index (κ2) is 8.15. The lowest BCUT2D eigenvalue weighted by Gasteiger charge is -2.17. The van der Waals surface area contributed by atoms with Crippen molar-refractivity contribution in [1.82, 2.24) is 5.32 Å². The lowest BCUT2D eigenvalue weighted by molar-refractivity contribution is -0.139. The molecule has 0 heterocycles. The third-order valence-corrected chi connectivity index (χ3v) is 3.21. The summed E-state index contributed by atoms with van der Waals surface area (Å²) in [5.41, 5.74) is 0.719. The number of benzene rings is 1. The van der Waals surface area contributed by atoms with Crippen molar-refractivity contribution in [1.29, 1.82) is 0 Å². The smallest absolute Gasteiger partial charge is 0.320 e. The Kier molecular flexibility index (Phi) is 6.84. The Balaban J connectivity index is 2.49. The first-order chi connectivity index (χ1) is 9.04. The van der Waals surface area contributed by atoms with Crippen molar-refractivity contribution in [2.45, 2.75) is 38.3 Å². The predicted molar refractivity (Wildman–Crippen MR) is 75.4 cm³/mol. The van der Waals surface area contributed by atoms with Crippen molar-refractivity contribution >= 4 is 17.6 Å². The molecule has 0 saturated heterocycles. The number of carboxylic acid groups (broad SMARTS) is 1. The Morgan fingerprint density at radius 2 is 2.00 bits per heavy atom. The van der Waals surface area contributed by atoms with Gasteiger partial charge in [-0.3, -0.25) is 4.79 Å². The fourth-order valence-corrected chi connectivity index (χ4v) is 1.90. The lowest BCUT2D eigenvalue weighted by atomic mass is 10.1. The minimum atomic E-state index is -0.878. The van der Waals surface area contributed by atoms with Gasteiger partial charge in [0.1, 0.15) is 6.04 Å². The molecule has 2 unspecified atom stereocenters. The highest BCUT2D eigenvalue weighted by Gasteiger charge is 2.17. The van der Waals surface area contributed by atoms with E-state index in [1.807, 2.05) is 6.92 Å². The van der Waals surface area contributed by atoms with Crippen LogP contribution < -0.4 is 5.32 Å². The molecule has 19 heavy (non-hydrogen) atoms. The zero-order valence-corrected chi connectivity index (χ0v) is 11.7. The SMILES string of the molecule is CCCCC(NCC(O)c1ccc(Cl)cc1)C(=O)O. The van der Waals surface area contributed by atoms with Gasteiger partial charge in [0, 0.05) is 11.6 Å². The van der Waals surface area contributed by atoms with Crippen molar-refractivity contribution in [3.63, 3.8) is 0 Å². The molecular weight excluding hydrogens is 266 g/mol. The van der Waals surface area contributed by atoms with Gasteiger partial charge >= 0.3 is 5.97 Å². The minimum absolute atomic E-state index is 0.211. The molecule has 0 aromatic heterocycles. The maximum atomic E-state index is 11.0. The van der Waals surface area contributed by atoms with Crippen LogP contribution in [0.1, 0.15) is 37.9 Å². The van der Waals surface area contributed by atoms with Gasteiger partial charge < -0.3 is 15.5 Å².